The van der Waals surface area contributed by atoms with Gasteiger partial charge in [-0.3, -0.25) is 0 Å². The summed E-state index contributed by atoms with van der Waals surface area (Å²) >= 11 is 0. The Morgan fingerprint density at radius 3 is 2.32 bits per heavy atom. The standard InChI is InChI=1S/C18H20N2O4S/c1-14-8-10-16(11-9-14)25(22,23)20-17(15-6-4-3-5-7-15)12-13-19(20)18(21)24-2/h3-11,17H,12-13H2,1-2H3. The molecule has 132 valence electrons. The highest BCUT2D eigenvalue weighted by Gasteiger charge is 2.44. The number of sulfonamides is 1. The molecule has 2 aromatic carbocycles. The van der Waals surface area contributed by atoms with Crippen LogP contribution in [0, 0.1) is 6.92 Å². The first-order chi connectivity index (χ1) is 11.9. The van der Waals surface area contributed by atoms with Gasteiger partial charge in [-0.05, 0) is 31.0 Å². The number of carbonyl (C=O) groups excluding carboxylic acids is 1. The Balaban J connectivity index is 2.07. The molecule has 0 saturated carbocycles. The van der Waals surface area contributed by atoms with E-state index in [0.717, 1.165) is 20.6 Å². The second kappa shape index (κ2) is 6.85. The molecule has 1 fully saturated rings. The summed E-state index contributed by atoms with van der Waals surface area (Å²) in [5.74, 6) is 0. The van der Waals surface area contributed by atoms with E-state index in [1.54, 1.807) is 24.3 Å². The average molecular weight is 360 g/mol. The fourth-order valence-corrected chi connectivity index (χ4v) is 4.65. The number of hydrogen-bond donors (Lipinski definition) is 0. The molecule has 1 heterocycles. The van der Waals surface area contributed by atoms with Gasteiger partial charge in [0.25, 0.3) is 10.0 Å². The third kappa shape index (κ3) is 3.25. The Kier molecular flexibility index (Phi) is 4.78. The highest BCUT2D eigenvalue weighted by Crippen LogP contribution is 2.37. The quantitative estimate of drug-likeness (QED) is 0.843. The highest BCUT2D eigenvalue weighted by molar-refractivity contribution is 7.89. The summed E-state index contributed by atoms with van der Waals surface area (Å²) in [5.41, 5.74) is 1.80. The van der Waals surface area contributed by atoms with Crippen LogP contribution in [0.5, 0.6) is 0 Å². The van der Waals surface area contributed by atoms with Crippen LogP contribution in [-0.4, -0.2) is 37.6 Å². The molecular formula is C18H20N2O4S. The first-order valence-electron chi connectivity index (χ1n) is 7.96. The van der Waals surface area contributed by atoms with Gasteiger partial charge >= 0.3 is 6.09 Å². The van der Waals surface area contributed by atoms with Crippen LogP contribution in [0.25, 0.3) is 0 Å². The molecule has 0 spiro atoms. The summed E-state index contributed by atoms with van der Waals surface area (Å²) in [7, 11) is -2.65. The average Bonchev–Trinajstić information content (AvgIpc) is 3.08. The van der Waals surface area contributed by atoms with Crippen LogP contribution < -0.4 is 0 Å². The number of methoxy groups -OCH3 is 1. The zero-order valence-corrected chi connectivity index (χ0v) is 14.9. The third-order valence-corrected chi connectivity index (χ3v) is 6.07. The number of nitrogens with zero attached hydrogens (tertiary/aromatic N) is 2. The normalized spacial score (nSPS) is 18.3. The van der Waals surface area contributed by atoms with Crippen LogP contribution in [-0.2, 0) is 14.8 Å². The van der Waals surface area contributed by atoms with Crippen LogP contribution in [0.2, 0.25) is 0 Å². The molecule has 3 rings (SSSR count). The van der Waals surface area contributed by atoms with Crippen LogP contribution in [0.4, 0.5) is 4.79 Å². The Bertz CT molecular complexity index is 850. The van der Waals surface area contributed by atoms with E-state index in [-0.39, 0.29) is 11.4 Å². The molecule has 1 saturated heterocycles. The van der Waals surface area contributed by atoms with Gasteiger partial charge in [0.2, 0.25) is 0 Å². The number of rotatable bonds is 3. The summed E-state index contributed by atoms with van der Waals surface area (Å²) in [6.07, 6.45) is -0.182. The monoisotopic (exact) mass is 360 g/mol. The molecule has 0 radical (unpaired) electrons. The van der Waals surface area contributed by atoms with Gasteiger partial charge in [-0.2, -0.15) is 0 Å². The van der Waals surface area contributed by atoms with Crippen molar-refractivity contribution in [2.24, 2.45) is 0 Å². The van der Waals surface area contributed by atoms with Gasteiger partial charge in [0.1, 0.15) is 0 Å². The number of hydrazine groups is 1. The fraction of sp³-hybridized carbons (Fsp3) is 0.278. The van der Waals surface area contributed by atoms with Crippen LogP contribution in [0.15, 0.2) is 59.5 Å². The summed E-state index contributed by atoms with van der Waals surface area (Å²) in [5, 5.41) is 1.16. The number of aryl methyl sites for hydroxylation is 1. The van der Waals surface area contributed by atoms with E-state index in [1.807, 2.05) is 37.3 Å². The van der Waals surface area contributed by atoms with E-state index in [9.17, 15) is 13.2 Å². The molecule has 0 N–H and O–H groups in total. The molecule has 25 heavy (non-hydrogen) atoms. The lowest BCUT2D eigenvalue weighted by Gasteiger charge is -2.30. The van der Waals surface area contributed by atoms with Gasteiger partial charge in [0, 0.05) is 6.54 Å². The predicted molar refractivity (Wildman–Crippen MR) is 93.1 cm³/mol. The van der Waals surface area contributed by atoms with Crippen molar-refractivity contribution in [2.75, 3.05) is 13.7 Å². The molecule has 0 bridgehead atoms. The molecule has 1 aliphatic heterocycles. The second-order valence-electron chi connectivity index (χ2n) is 5.90. The van der Waals surface area contributed by atoms with Crippen LogP contribution in [0.1, 0.15) is 23.6 Å². The number of ether oxygens (including phenoxy) is 1. The summed E-state index contributed by atoms with van der Waals surface area (Å²) < 4.78 is 32.4. The summed E-state index contributed by atoms with van der Waals surface area (Å²) in [4.78, 5) is 12.3. The summed E-state index contributed by atoms with van der Waals surface area (Å²) in [6, 6.07) is 15.4. The molecular weight excluding hydrogens is 340 g/mol. The number of hydrogen-bond acceptors (Lipinski definition) is 4. The van der Waals surface area contributed by atoms with Gasteiger partial charge in [-0.25, -0.2) is 18.2 Å². The molecule has 2 aromatic rings. The molecule has 7 heteroatoms. The molecule has 0 aromatic heterocycles. The Labute approximate surface area is 147 Å². The van der Waals surface area contributed by atoms with Crippen molar-refractivity contribution in [1.82, 2.24) is 9.42 Å². The largest absolute Gasteiger partial charge is 0.452 e. The number of benzene rings is 2. The molecule has 1 atom stereocenters. The smallest absolute Gasteiger partial charge is 0.425 e. The second-order valence-corrected chi connectivity index (χ2v) is 7.69. The third-order valence-electron chi connectivity index (χ3n) is 4.25. The van der Waals surface area contributed by atoms with Gasteiger partial charge in [0.05, 0.1) is 18.0 Å². The molecule has 1 unspecified atom stereocenters. The van der Waals surface area contributed by atoms with E-state index < -0.39 is 22.2 Å². The first kappa shape index (κ1) is 17.4. The van der Waals surface area contributed by atoms with Crippen molar-refractivity contribution in [3.05, 3.63) is 65.7 Å². The fourth-order valence-electron chi connectivity index (χ4n) is 2.98. The maximum atomic E-state index is 13.2. The lowest BCUT2D eigenvalue weighted by Crippen LogP contribution is -2.45. The van der Waals surface area contributed by atoms with E-state index in [1.165, 1.54) is 7.11 Å². The first-order valence-corrected chi connectivity index (χ1v) is 9.40. The van der Waals surface area contributed by atoms with E-state index >= 15 is 0 Å². The Hall–Kier alpha value is -2.38. The highest BCUT2D eigenvalue weighted by atomic mass is 32.2. The zero-order chi connectivity index (χ0) is 18.0. The van der Waals surface area contributed by atoms with E-state index in [2.05, 4.69) is 0 Å². The minimum Gasteiger partial charge on any atom is -0.452 e. The van der Waals surface area contributed by atoms with Gasteiger partial charge in [-0.15, -0.1) is 0 Å². The zero-order valence-electron chi connectivity index (χ0n) is 14.1. The van der Waals surface area contributed by atoms with Crippen molar-refractivity contribution >= 4 is 16.1 Å². The van der Waals surface area contributed by atoms with Crippen LogP contribution >= 0.6 is 0 Å². The van der Waals surface area contributed by atoms with Crippen molar-refractivity contribution in [1.29, 1.82) is 0 Å². The minimum atomic E-state index is -3.90. The lowest BCUT2D eigenvalue weighted by atomic mass is 10.1. The topological polar surface area (TPSA) is 66.9 Å². The van der Waals surface area contributed by atoms with Crippen molar-refractivity contribution in [2.45, 2.75) is 24.3 Å². The van der Waals surface area contributed by atoms with Gasteiger partial charge in [0.15, 0.2) is 0 Å². The van der Waals surface area contributed by atoms with Crippen molar-refractivity contribution in [3.8, 4) is 0 Å². The SMILES string of the molecule is COC(=O)N1CCC(c2ccccc2)N1S(=O)(=O)c1ccc(C)cc1. The Morgan fingerprint density at radius 2 is 1.72 bits per heavy atom. The van der Waals surface area contributed by atoms with E-state index in [4.69, 9.17) is 4.74 Å². The van der Waals surface area contributed by atoms with Crippen molar-refractivity contribution in [3.63, 3.8) is 0 Å². The van der Waals surface area contributed by atoms with Crippen molar-refractivity contribution < 1.29 is 17.9 Å². The van der Waals surface area contributed by atoms with Gasteiger partial charge < -0.3 is 4.74 Å². The maximum Gasteiger partial charge on any atom is 0.425 e. The Morgan fingerprint density at radius 1 is 1.08 bits per heavy atom. The number of carbonyl (C=O) groups is 1. The van der Waals surface area contributed by atoms with E-state index in [0.29, 0.717) is 6.42 Å². The van der Waals surface area contributed by atoms with Gasteiger partial charge in [-0.1, -0.05) is 52.4 Å². The number of amides is 1. The molecule has 0 aliphatic carbocycles. The molecule has 1 aliphatic rings. The van der Waals surface area contributed by atoms with Crippen LogP contribution in [0.3, 0.4) is 0 Å². The minimum absolute atomic E-state index is 0.148. The lowest BCUT2D eigenvalue weighted by molar-refractivity contribution is 0.0613. The molecule has 1 amide bonds. The maximum absolute atomic E-state index is 13.2. The molecule has 6 nitrogen and oxygen atoms in total. The predicted octanol–water partition coefficient (Wildman–Crippen LogP) is 3.11. The summed E-state index contributed by atoms with van der Waals surface area (Å²) in [6.45, 7) is 2.16.